The first-order valence-corrected chi connectivity index (χ1v) is 12.3. The Balaban J connectivity index is 1.67. The molecule has 7 heteroatoms. The number of hydrogen-bond donors (Lipinski definition) is 0. The van der Waals surface area contributed by atoms with Crippen molar-refractivity contribution in [3.05, 3.63) is 48.3 Å². The quantitative estimate of drug-likeness (QED) is 0.485. The number of pyridine rings is 1. The van der Waals surface area contributed by atoms with Crippen LogP contribution in [0.5, 0.6) is 11.5 Å². The summed E-state index contributed by atoms with van der Waals surface area (Å²) >= 11 is -0.00401. The predicted octanol–water partition coefficient (Wildman–Crippen LogP) is 3.18. The van der Waals surface area contributed by atoms with Gasteiger partial charge < -0.3 is 0 Å². The molecule has 27 heavy (non-hydrogen) atoms. The second-order valence-corrected chi connectivity index (χ2v) is 9.17. The Kier molecular flexibility index (Phi) is 8.88. The molecule has 0 unspecified atom stereocenters. The van der Waals surface area contributed by atoms with Crippen molar-refractivity contribution < 1.29 is 18.9 Å². The molecule has 0 saturated heterocycles. The van der Waals surface area contributed by atoms with Crippen molar-refractivity contribution in [2.75, 3.05) is 39.6 Å². The molecule has 0 spiro atoms. The van der Waals surface area contributed by atoms with Gasteiger partial charge in [-0.3, -0.25) is 4.98 Å². The molecule has 2 aromatic rings. The van der Waals surface area contributed by atoms with Gasteiger partial charge in [-0.1, -0.05) is 6.07 Å². The second-order valence-electron chi connectivity index (χ2n) is 5.68. The van der Waals surface area contributed by atoms with Crippen LogP contribution < -0.4 is 9.47 Å². The summed E-state index contributed by atoms with van der Waals surface area (Å²) in [6, 6.07) is 11.4. The van der Waals surface area contributed by atoms with Crippen LogP contribution >= 0.6 is 0 Å². The molecule has 144 valence electrons. The molecule has 2 heterocycles. The summed E-state index contributed by atoms with van der Waals surface area (Å²) in [5.74, 6) is 1.36. The second kappa shape index (κ2) is 11.9. The number of rotatable bonds is 2. The van der Waals surface area contributed by atoms with Gasteiger partial charge in [-0.25, -0.2) is 0 Å². The molecule has 0 atom stereocenters. The van der Waals surface area contributed by atoms with Crippen LogP contribution in [0.15, 0.2) is 47.6 Å². The van der Waals surface area contributed by atoms with Crippen LogP contribution in [-0.2, 0) is 9.47 Å². The Morgan fingerprint density at radius 1 is 0.852 bits per heavy atom. The van der Waals surface area contributed by atoms with Crippen molar-refractivity contribution in [1.82, 2.24) is 4.98 Å². The number of benzene rings is 1. The smallest absolute Gasteiger partial charge is 0.255 e. The fraction of sp³-hybridized carbons (Fsp3) is 0.400. The minimum atomic E-state index is -0.00401. The first-order chi connectivity index (χ1) is 13.4. The monoisotopic (exact) mass is 486 g/mol. The summed E-state index contributed by atoms with van der Waals surface area (Å²) in [5, 5.41) is 0. The van der Waals surface area contributed by atoms with Crippen molar-refractivity contribution >= 4 is 32.8 Å². The van der Waals surface area contributed by atoms with Crippen molar-refractivity contribution in [2.45, 2.75) is 8.94 Å². The first kappa shape index (κ1) is 20.1. The molecule has 1 aromatic heterocycles. The molecule has 3 rings (SSSR count). The molecular formula is C20H24N2O4Te. The summed E-state index contributed by atoms with van der Waals surface area (Å²) in [5.41, 5.74) is 1.59. The van der Waals surface area contributed by atoms with Crippen LogP contribution in [0.4, 0.5) is 5.69 Å². The SMILES string of the molecule is C(=Nc1ccc2c(c1)OCCOCC[Te]CCOCCO2)c1ccccn1. The van der Waals surface area contributed by atoms with Crippen LogP contribution in [0, 0.1) is 0 Å². The maximum absolute atomic E-state index is 5.89. The topological polar surface area (TPSA) is 62.2 Å². The number of fused-ring (bicyclic) bond motifs is 1. The third-order valence-corrected chi connectivity index (χ3v) is 6.27. The number of aliphatic imine (C=N–C) groups is 1. The van der Waals surface area contributed by atoms with E-state index in [9.17, 15) is 0 Å². The molecular weight excluding hydrogens is 460 g/mol. The zero-order chi connectivity index (χ0) is 18.6. The van der Waals surface area contributed by atoms with Gasteiger partial charge in [-0.05, 0) is 12.1 Å². The third-order valence-electron chi connectivity index (χ3n) is 3.68. The van der Waals surface area contributed by atoms with Gasteiger partial charge in [-0.2, -0.15) is 0 Å². The summed E-state index contributed by atoms with van der Waals surface area (Å²) in [6.45, 7) is 3.77. The van der Waals surface area contributed by atoms with Gasteiger partial charge in [0.1, 0.15) is 0 Å². The minimum Gasteiger partial charge on any atom is -0.255 e. The van der Waals surface area contributed by atoms with E-state index in [-0.39, 0.29) is 20.9 Å². The average molecular weight is 484 g/mol. The summed E-state index contributed by atoms with van der Waals surface area (Å²) in [4.78, 5) is 8.72. The number of hydrogen-bond acceptors (Lipinski definition) is 6. The molecule has 0 fully saturated rings. The van der Waals surface area contributed by atoms with Crippen LogP contribution in [-0.4, -0.2) is 71.8 Å². The Labute approximate surface area is 170 Å². The van der Waals surface area contributed by atoms with E-state index in [2.05, 4.69) is 9.98 Å². The van der Waals surface area contributed by atoms with Crippen molar-refractivity contribution in [1.29, 1.82) is 0 Å². The Morgan fingerprint density at radius 3 is 2.37 bits per heavy atom. The van der Waals surface area contributed by atoms with E-state index in [4.69, 9.17) is 18.9 Å². The van der Waals surface area contributed by atoms with Gasteiger partial charge >= 0.3 is 141 Å². The predicted molar refractivity (Wildman–Crippen MR) is 106 cm³/mol. The van der Waals surface area contributed by atoms with Crippen LogP contribution in [0.1, 0.15) is 5.69 Å². The van der Waals surface area contributed by atoms with E-state index in [1.54, 1.807) is 12.4 Å². The van der Waals surface area contributed by atoms with E-state index in [1.165, 1.54) is 8.94 Å². The number of aromatic nitrogens is 1. The summed E-state index contributed by atoms with van der Waals surface area (Å²) in [7, 11) is 0. The van der Waals surface area contributed by atoms with E-state index in [1.807, 2.05) is 36.4 Å². The molecule has 0 aliphatic carbocycles. The van der Waals surface area contributed by atoms with Crippen molar-refractivity contribution in [3.63, 3.8) is 0 Å². The Bertz CT molecular complexity index is 712. The molecule has 0 radical (unpaired) electrons. The van der Waals surface area contributed by atoms with Crippen LogP contribution in [0.2, 0.25) is 8.94 Å². The minimum absolute atomic E-state index is 0.00401. The van der Waals surface area contributed by atoms with Crippen LogP contribution in [0.3, 0.4) is 0 Å². The molecule has 0 saturated carbocycles. The van der Waals surface area contributed by atoms with E-state index in [0.29, 0.717) is 37.9 Å². The number of nitrogens with zero attached hydrogens (tertiary/aromatic N) is 2. The van der Waals surface area contributed by atoms with E-state index >= 15 is 0 Å². The Morgan fingerprint density at radius 2 is 1.63 bits per heavy atom. The molecule has 0 N–H and O–H groups in total. The van der Waals surface area contributed by atoms with Gasteiger partial charge in [0.25, 0.3) is 0 Å². The maximum atomic E-state index is 5.89. The third kappa shape index (κ3) is 7.47. The first-order valence-electron chi connectivity index (χ1n) is 9.00. The van der Waals surface area contributed by atoms with E-state index < -0.39 is 0 Å². The van der Waals surface area contributed by atoms with Crippen LogP contribution in [0.25, 0.3) is 0 Å². The standard InChI is InChI=1S/C20H24N2O4Te/c1-2-6-21-18(3-1)16-22-17-4-5-19-20(15-17)26-10-8-24-12-14-27-13-11-23-7-9-25-19/h1-6,15-16H,7-14H2. The number of ether oxygens (including phenoxy) is 4. The molecule has 0 bridgehead atoms. The molecule has 6 nitrogen and oxygen atoms in total. The molecule has 1 aromatic carbocycles. The Hall–Kier alpha value is -1.65. The normalized spacial score (nSPS) is 17.2. The molecule has 0 amide bonds. The van der Waals surface area contributed by atoms with Crippen molar-refractivity contribution in [2.24, 2.45) is 4.99 Å². The van der Waals surface area contributed by atoms with Gasteiger partial charge in [-0.15, -0.1) is 0 Å². The fourth-order valence-electron chi connectivity index (χ4n) is 2.37. The molecule has 1 aliphatic rings. The molecule has 1 aliphatic heterocycles. The van der Waals surface area contributed by atoms with E-state index in [0.717, 1.165) is 24.6 Å². The average Bonchev–Trinajstić information content (AvgIpc) is 2.72. The zero-order valence-corrected chi connectivity index (χ0v) is 17.5. The van der Waals surface area contributed by atoms with Gasteiger partial charge in [0.2, 0.25) is 0 Å². The van der Waals surface area contributed by atoms with Crippen molar-refractivity contribution in [3.8, 4) is 11.5 Å². The van der Waals surface area contributed by atoms with Gasteiger partial charge in [0.15, 0.2) is 0 Å². The summed E-state index contributed by atoms with van der Waals surface area (Å²) in [6.07, 6.45) is 3.48. The summed E-state index contributed by atoms with van der Waals surface area (Å²) < 4.78 is 25.4. The zero-order valence-electron chi connectivity index (χ0n) is 15.2. The van der Waals surface area contributed by atoms with Gasteiger partial charge in [0, 0.05) is 6.20 Å². The van der Waals surface area contributed by atoms with Gasteiger partial charge in [0.05, 0.1) is 0 Å². The fourth-order valence-corrected chi connectivity index (χ4v) is 4.29.